The number of esters is 1. The quantitative estimate of drug-likeness (QED) is 0.309. The van der Waals surface area contributed by atoms with Crippen molar-refractivity contribution in [2.24, 2.45) is 5.41 Å². The number of halogens is 1. The van der Waals surface area contributed by atoms with E-state index in [1.165, 1.54) is 0 Å². The van der Waals surface area contributed by atoms with Gasteiger partial charge < -0.3 is 19.3 Å². The van der Waals surface area contributed by atoms with E-state index >= 15 is 0 Å². The highest BCUT2D eigenvalue weighted by Crippen LogP contribution is 2.44. The molecule has 3 heterocycles. The summed E-state index contributed by atoms with van der Waals surface area (Å²) in [6, 6.07) is 0. The van der Waals surface area contributed by atoms with E-state index in [1.807, 2.05) is 32.6 Å². The van der Waals surface area contributed by atoms with Crippen molar-refractivity contribution in [2.45, 2.75) is 79.4 Å². The Kier molecular flexibility index (Phi) is 7.65. The van der Waals surface area contributed by atoms with Crippen molar-refractivity contribution < 1.29 is 23.9 Å². The number of rotatable bonds is 4. The Balaban J connectivity index is 1.80. The molecule has 34 heavy (non-hydrogen) atoms. The lowest BCUT2D eigenvalue weighted by Gasteiger charge is -2.41. The van der Waals surface area contributed by atoms with Crippen molar-refractivity contribution in [3.8, 4) is 0 Å². The third-order valence-corrected chi connectivity index (χ3v) is 7.39. The number of Topliss-reactive ketones (excluding diaryl/α,β-unsaturated/α-hetero) is 1. The van der Waals surface area contributed by atoms with Crippen LogP contribution in [-0.4, -0.2) is 65.6 Å². The number of likely N-dealkylation sites (tertiary alicyclic amines) is 1. The van der Waals surface area contributed by atoms with Crippen molar-refractivity contribution in [2.75, 3.05) is 31.1 Å². The van der Waals surface area contributed by atoms with Crippen molar-refractivity contribution in [1.82, 2.24) is 9.88 Å². The Bertz CT molecular complexity index is 978. The Labute approximate surface area is 210 Å². The van der Waals surface area contributed by atoms with Gasteiger partial charge >= 0.3 is 12.1 Å². The predicted molar refractivity (Wildman–Crippen MR) is 133 cm³/mol. The van der Waals surface area contributed by atoms with Crippen molar-refractivity contribution in [3.05, 3.63) is 21.4 Å². The molecule has 3 rings (SSSR count). The predicted octanol–water partition coefficient (Wildman–Crippen LogP) is 4.82. The van der Waals surface area contributed by atoms with Gasteiger partial charge in [-0.25, -0.2) is 9.59 Å². The molecule has 188 valence electrons. The fourth-order valence-corrected chi connectivity index (χ4v) is 5.32. The molecule has 0 radical (unpaired) electrons. The van der Waals surface area contributed by atoms with Crippen LogP contribution in [0.4, 0.5) is 10.5 Å². The second-order valence-corrected chi connectivity index (χ2v) is 11.5. The molecular weight excluding hydrogens is 502 g/mol. The van der Waals surface area contributed by atoms with Crippen LogP contribution in [0.2, 0.25) is 0 Å². The van der Waals surface area contributed by atoms with Crippen LogP contribution in [0, 0.1) is 19.3 Å². The number of aromatic nitrogens is 1. The first-order chi connectivity index (χ1) is 15.7. The number of piperidine rings is 1. The minimum Gasteiger partial charge on any atom is -0.457 e. The highest BCUT2D eigenvalue weighted by atomic mass is 79.9. The van der Waals surface area contributed by atoms with E-state index in [0.29, 0.717) is 43.1 Å². The third kappa shape index (κ3) is 5.73. The van der Waals surface area contributed by atoms with Gasteiger partial charge in [0, 0.05) is 26.2 Å². The van der Waals surface area contributed by atoms with Crippen molar-refractivity contribution in [3.63, 3.8) is 0 Å². The average molecular weight is 538 g/mol. The first-order valence-corrected chi connectivity index (χ1v) is 12.7. The van der Waals surface area contributed by atoms with E-state index in [9.17, 15) is 14.4 Å². The number of ether oxygens (including phenoxy) is 2. The maximum atomic E-state index is 13.1. The zero-order chi connectivity index (χ0) is 25.4. The maximum absolute atomic E-state index is 13.1. The SMILES string of the molecule is Cc1nc(C)c(C(=O)C(=O)OC(C)C)c(N2CCC3(CCN(C(=O)OC(C)(C)C)C3)CC2)c1Br. The molecule has 9 heteroatoms. The van der Waals surface area contributed by atoms with Crippen LogP contribution in [0.1, 0.15) is 75.6 Å². The second kappa shape index (κ2) is 9.84. The Morgan fingerprint density at radius 3 is 2.18 bits per heavy atom. The van der Waals surface area contributed by atoms with Crippen molar-refractivity contribution in [1.29, 1.82) is 0 Å². The molecule has 0 bridgehead atoms. The molecule has 0 atom stereocenters. The number of pyridine rings is 1. The Morgan fingerprint density at radius 2 is 1.62 bits per heavy atom. The van der Waals surface area contributed by atoms with Crippen LogP contribution >= 0.6 is 15.9 Å². The second-order valence-electron chi connectivity index (χ2n) is 10.7. The van der Waals surface area contributed by atoms with Gasteiger partial charge in [-0.05, 0) is 89.1 Å². The maximum Gasteiger partial charge on any atom is 0.410 e. The van der Waals surface area contributed by atoms with Crippen molar-refractivity contribution >= 4 is 39.5 Å². The lowest BCUT2D eigenvalue weighted by Crippen LogP contribution is -2.44. The molecule has 1 spiro atoms. The van der Waals surface area contributed by atoms with E-state index in [-0.39, 0.29) is 17.6 Å². The number of carbonyl (C=O) groups is 3. The zero-order valence-electron chi connectivity index (χ0n) is 21.3. The van der Waals surface area contributed by atoms with Gasteiger partial charge in [-0.15, -0.1) is 0 Å². The minimum absolute atomic E-state index is 0.0394. The normalized spacial score (nSPS) is 17.9. The van der Waals surface area contributed by atoms with Gasteiger partial charge in [0.2, 0.25) is 0 Å². The highest BCUT2D eigenvalue weighted by molar-refractivity contribution is 9.10. The Hall–Kier alpha value is -2.16. The number of nitrogens with zero attached hydrogens (tertiary/aromatic N) is 3. The van der Waals surface area contributed by atoms with E-state index in [2.05, 4.69) is 25.8 Å². The molecule has 2 aliphatic rings. The molecule has 0 saturated carbocycles. The third-order valence-electron chi connectivity index (χ3n) is 6.45. The van der Waals surface area contributed by atoms with Crippen LogP contribution in [0.3, 0.4) is 0 Å². The number of anilines is 1. The molecule has 0 aliphatic carbocycles. The summed E-state index contributed by atoms with van der Waals surface area (Å²) in [6.07, 6.45) is 2.05. The molecule has 2 aliphatic heterocycles. The summed E-state index contributed by atoms with van der Waals surface area (Å²) in [5, 5.41) is 0. The monoisotopic (exact) mass is 537 g/mol. The number of carbonyl (C=O) groups excluding carboxylic acids is 3. The van der Waals surface area contributed by atoms with Crippen LogP contribution in [-0.2, 0) is 14.3 Å². The van der Waals surface area contributed by atoms with E-state index in [1.54, 1.807) is 20.8 Å². The molecular formula is C25H36BrN3O5. The summed E-state index contributed by atoms with van der Waals surface area (Å²) in [5.74, 6) is -1.54. The van der Waals surface area contributed by atoms with Gasteiger partial charge in [0.05, 0.1) is 33.2 Å². The smallest absolute Gasteiger partial charge is 0.410 e. The van der Waals surface area contributed by atoms with Crippen LogP contribution in [0.5, 0.6) is 0 Å². The van der Waals surface area contributed by atoms with E-state index < -0.39 is 17.4 Å². The van der Waals surface area contributed by atoms with Gasteiger partial charge in [0.25, 0.3) is 5.78 Å². The number of amides is 1. The average Bonchev–Trinajstić information content (AvgIpc) is 3.13. The summed E-state index contributed by atoms with van der Waals surface area (Å²) in [4.78, 5) is 46.5. The highest BCUT2D eigenvalue weighted by Gasteiger charge is 2.44. The fraction of sp³-hybridized carbons (Fsp3) is 0.680. The van der Waals surface area contributed by atoms with Gasteiger partial charge in [-0.2, -0.15) is 0 Å². The van der Waals surface area contributed by atoms with Crippen LogP contribution in [0.15, 0.2) is 4.47 Å². The molecule has 1 aromatic heterocycles. The number of aryl methyl sites for hydroxylation is 2. The number of hydrogen-bond donors (Lipinski definition) is 0. The first kappa shape index (κ1) is 26.4. The fourth-order valence-electron chi connectivity index (χ4n) is 4.78. The largest absolute Gasteiger partial charge is 0.457 e. The summed E-state index contributed by atoms with van der Waals surface area (Å²) >= 11 is 3.62. The summed E-state index contributed by atoms with van der Waals surface area (Å²) in [5.41, 5.74) is 1.79. The molecule has 8 nitrogen and oxygen atoms in total. The molecule has 0 aromatic carbocycles. The Morgan fingerprint density at radius 1 is 1.03 bits per heavy atom. The molecule has 0 N–H and O–H groups in total. The zero-order valence-corrected chi connectivity index (χ0v) is 22.9. The molecule has 1 aromatic rings. The number of ketones is 1. The number of hydrogen-bond acceptors (Lipinski definition) is 7. The van der Waals surface area contributed by atoms with Gasteiger partial charge in [-0.1, -0.05) is 0 Å². The molecule has 2 saturated heterocycles. The lowest BCUT2D eigenvalue weighted by atomic mass is 9.77. The van der Waals surface area contributed by atoms with Crippen LogP contribution < -0.4 is 4.90 Å². The summed E-state index contributed by atoms with van der Waals surface area (Å²) < 4.78 is 11.5. The lowest BCUT2D eigenvalue weighted by molar-refractivity contribution is -0.141. The topological polar surface area (TPSA) is 89.0 Å². The molecule has 0 unspecified atom stereocenters. The molecule has 2 fully saturated rings. The van der Waals surface area contributed by atoms with Gasteiger partial charge in [0.1, 0.15) is 5.60 Å². The van der Waals surface area contributed by atoms with Crippen LogP contribution in [0.25, 0.3) is 0 Å². The van der Waals surface area contributed by atoms with E-state index in [4.69, 9.17) is 9.47 Å². The van der Waals surface area contributed by atoms with Gasteiger partial charge in [-0.3, -0.25) is 9.78 Å². The standard InChI is InChI=1S/C25H36BrN3O5/c1-15(2)33-22(31)21(30)18-16(3)27-17(4)19(26)20(18)28-11-8-25(9-12-28)10-13-29(14-25)23(32)34-24(5,6)7/h15H,8-14H2,1-7H3. The van der Waals surface area contributed by atoms with E-state index in [0.717, 1.165) is 29.4 Å². The molecule has 1 amide bonds. The summed E-state index contributed by atoms with van der Waals surface area (Å²) in [7, 11) is 0. The minimum atomic E-state index is -0.867. The summed E-state index contributed by atoms with van der Waals surface area (Å²) in [6.45, 7) is 15.5. The van der Waals surface area contributed by atoms with Gasteiger partial charge in [0.15, 0.2) is 0 Å². The first-order valence-electron chi connectivity index (χ1n) is 11.9.